The van der Waals surface area contributed by atoms with Gasteiger partial charge in [0.25, 0.3) is 0 Å². The molecule has 9 heteroatoms. The first-order valence-corrected chi connectivity index (χ1v) is 8.53. The molecule has 1 aromatic rings. The summed E-state index contributed by atoms with van der Waals surface area (Å²) < 4.78 is 5.17. The molecule has 1 saturated heterocycles. The van der Waals surface area contributed by atoms with Gasteiger partial charge in [-0.1, -0.05) is 12.1 Å². The van der Waals surface area contributed by atoms with Gasteiger partial charge < -0.3 is 15.8 Å². The van der Waals surface area contributed by atoms with E-state index in [-0.39, 0.29) is 17.4 Å². The Bertz CT molecular complexity index is 725. The monoisotopic (exact) mass is 360 g/mol. The number of nitrogens with two attached hydrogens (primary N) is 2. The van der Waals surface area contributed by atoms with Gasteiger partial charge in [0.1, 0.15) is 5.75 Å². The quantitative estimate of drug-likeness (QED) is 0.517. The smallest absolute Gasteiger partial charge is 0.327 e. The topological polar surface area (TPSA) is 132 Å². The van der Waals surface area contributed by atoms with E-state index in [1.165, 1.54) is 11.9 Å². The van der Waals surface area contributed by atoms with Crippen molar-refractivity contribution in [2.75, 3.05) is 20.2 Å². The van der Waals surface area contributed by atoms with E-state index in [4.69, 9.17) is 16.2 Å². The second-order valence-corrected chi connectivity index (χ2v) is 6.66. The lowest BCUT2D eigenvalue weighted by atomic mass is 9.82. The lowest BCUT2D eigenvalue weighted by Crippen LogP contribution is -2.64. The van der Waals surface area contributed by atoms with Crippen molar-refractivity contribution in [2.24, 2.45) is 22.4 Å². The Morgan fingerprint density at radius 1 is 1.38 bits per heavy atom. The maximum absolute atomic E-state index is 11.4. The fourth-order valence-electron chi connectivity index (χ4n) is 3.64. The summed E-state index contributed by atoms with van der Waals surface area (Å²) in [5.74, 6) is 0.608. The molecule has 5 N–H and O–H groups in total. The largest absolute Gasteiger partial charge is 0.497 e. The molecular formula is C17H24N6O3. The first-order chi connectivity index (χ1) is 12.4. The highest BCUT2D eigenvalue weighted by atomic mass is 16.6. The number of nitro groups is 1. The summed E-state index contributed by atoms with van der Waals surface area (Å²) in [5.41, 5.74) is 11.8. The number of likely N-dealkylation sites (tertiary alicyclic amines) is 1. The van der Waals surface area contributed by atoms with Crippen LogP contribution in [0.1, 0.15) is 18.4 Å². The van der Waals surface area contributed by atoms with Crippen molar-refractivity contribution >= 4 is 6.34 Å². The molecule has 1 atom stereocenters. The number of rotatable bonds is 5. The van der Waals surface area contributed by atoms with Crippen molar-refractivity contribution in [3.8, 4) is 5.75 Å². The third-order valence-corrected chi connectivity index (χ3v) is 5.12. The van der Waals surface area contributed by atoms with Crippen molar-refractivity contribution in [3.63, 3.8) is 0 Å². The molecule has 1 fully saturated rings. The van der Waals surface area contributed by atoms with Gasteiger partial charge in [-0.05, 0) is 43.6 Å². The Hall–Kier alpha value is -2.65. The van der Waals surface area contributed by atoms with Crippen LogP contribution in [0.2, 0.25) is 0 Å². The van der Waals surface area contributed by atoms with Gasteiger partial charge in [-0.25, -0.2) is 4.99 Å². The normalized spacial score (nSPS) is 24.4. The van der Waals surface area contributed by atoms with Crippen LogP contribution in [0, 0.1) is 16.0 Å². The fourth-order valence-corrected chi connectivity index (χ4v) is 3.64. The second-order valence-electron chi connectivity index (χ2n) is 6.66. The van der Waals surface area contributed by atoms with Crippen molar-refractivity contribution < 1.29 is 9.66 Å². The number of ether oxygens (including phenoxy) is 1. The van der Waals surface area contributed by atoms with Crippen LogP contribution in [-0.4, -0.2) is 42.0 Å². The van der Waals surface area contributed by atoms with E-state index in [9.17, 15) is 10.1 Å². The second kappa shape index (κ2) is 7.30. The van der Waals surface area contributed by atoms with E-state index in [0.29, 0.717) is 0 Å². The predicted octanol–water partition coefficient (Wildman–Crippen LogP) is 0.598. The molecule has 0 aromatic heterocycles. The van der Waals surface area contributed by atoms with Crippen LogP contribution in [0.5, 0.6) is 5.75 Å². The Morgan fingerprint density at radius 2 is 2.04 bits per heavy atom. The van der Waals surface area contributed by atoms with Gasteiger partial charge >= 0.3 is 5.70 Å². The van der Waals surface area contributed by atoms with Gasteiger partial charge in [-0.15, -0.1) is 0 Å². The highest BCUT2D eigenvalue weighted by molar-refractivity contribution is 5.61. The predicted molar refractivity (Wildman–Crippen MR) is 97.7 cm³/mol. The lowest BCUT2D eigenvalue weighted by Gasteiger charge is -2.41. The number of benzene rings is 1. The van der Waals surface area contributed by atoms with Crippen molar-refractivity contribution in [3.05, 3.63) is 51.5 Å². The highest BCUT2D eigenvalue weighted by Crippen LogP contribution is 2.33. The molecule has 2 aliphatic heterocycles. The maximum atomic E-state index is 11.4. The number of piperidine rings is 1. The summed E-state index contributed by atoms with van der Waals surface area (Å²) in [4.78, 5) is 17.0. The summed E-state index contributed by atoms with van der Waals surface area (Å²) in [5, 5.41) is 14.3. The van der Waals surface area contributed by atoms with Crippen LogP contribution in [0.3, 0.4) is 0 Å². The Morgan fingerprint density at radius 3 is 2.62 bits per heavy atom. The Balaban J connectivity index is 1.64. The van der Waals surface area contributed by atoms with Gasteiger partial charge in [0.15, 0.2) is 5.66 Å². The SMILES string of the molecule is COc1ccc(CN2CCC(C3(N)NC=NC(N)=C3[N+](=O)[O-])CC2)cc1. The van der Waals surface area contributed by atoms with E-state index < -0.39 is 10.6 Å². The first-order valence-electron chi connectivity index (χ1n) is 8.53. The van der Waals surface area contributed by atoms with Crippen LogP contribution in [0.4, 0.5) is 0 Å². The van der Waals surface area contributed by atoms with Crippen LogP contribution in [0.25, 0.3) is 0 Å². The van der Waals surface area contributed by atoms with E-state index in [0.717, 1.165) is 38.2 Å². The minimum absolute atomic E-state index is 0.0969. The van der Waals surface area contributed by atoms with Gasteiger partial charge in [0.05, 0.1) is 18.4 Å². The van der Waals surface area contributed by atoms with Gasteiger partial charge in [0, 0.05) is 12.5 Å². The number of hydrogen-bond acceptors (Lipinski definition) is 8. The molecule has 140 valence electrons. The summed E-state index contributed by atoms with van der Waals surface area (Å²) in [6.07, 6.45) is 2.82. The standard InChI is InChI=1S/C17H24N6O3/c1-26-14-4-2-12(3-5-14)10-22-8-6-13(7-9-22)17(19)15(23(24)25)16(18)20-11-21-17/h2-5,11,13H,6-10,18-19H2,1H3,(H,20,21). The highest BCUT2D eigenvalue weighted by Gasteiger charge is 2.49. The van der Waals surface area contributed by atoms with Crippen LogP contribution >= 0.6 is 0 Å². The summed E-state index contributed by atoms with van der Waals surface area (Å²) >= 11 is 0. The lowest BCUT2D eigenvalue weighted by molar-refractivity contribution is -0.439. The van der Waals surface area contributed by atoms with Crippen LogP contribution < -0.4 is 21.5 Å². The van der Waals surface area contributed by atoms with E-state index >= 15 is 0 Å². The number of nitrogens with zero attached hydrogens (tertiary/aromatic N) is 3. The molecule has 1 aromatic carbocycles. The molecule has 0 amide bonds. The molecule has 0 aliphatic carbocycles. The van der Waals surface area contributed by atoms with Crippen molar-refractivity contribution in [1.82, 2.24) is 10.2 Å². The summed E-state index contributed by atoms with van der Waals surface area (Å²) in [7, 11) is 1.65. The molecular weight excluding hydrogens is 336 g/mol. The van der Waals surface area contributed by atoms with Crippen molar-refractivity contribution in [2.45, 2.75) is 25.0 Å². The summed E-state index contributed by atoms with van der Waals surface area (Å²) in [6, 6.07) is 7.98. The van der Waals surface area contributed by atoms with E-state index in [2.05, 4.69) is 15.2 Å². The van der Waals surface area contributed by atoms with Crippen molar-refractivity contribution in [1.29, 1.82) is 0 Å². The third-order valence-electron chi connectivity index (χ3n) is 5.12. The number of aliphatic imine (C=N–C) groups is 1. The molecule has 0 radical (unpaired) electrons. The first kappa shape index (κ1) is 18.2. The summed E-state index contributed by atoms with van der Waals surface area (Å²) in [6.45, 7) is 2.43. The zero-order valence-corrected chi connectivity index (χ0v) is 14.7. The molecule has 3 rings (SSSR count). The molecule has 0 spiro atoms. The fraction of sp³-hybridized carbons (Fsp3) is 0.471. The molecule has 2 heterocycles. The van der Waals surface area contributed by atoms with Gasteiger partial charge in [-0.3, -0.25) is 20.7 Å². The Kier molecular flexibility index (Phi) is 5.10. The minimum Gasteiger partial charge on any atom is -0.497 e. The van der Waals surface area contributed by atoms with Gasteiger partial charge in [0.2, 0.25) is 5.82 Å². The van der Waals surface area contributed by atoms with E-state index in [1.807, 2.05) is 24.3 Å². The zero-order valence-electron chi connectivity index (χ0n) is 14.7. The molecule has 2 aliphatic rings. The number of nitrogens with one attached hydrogen (secondary N) is 1. The number of methoxy groups -OCH3 is 1. The molecule has 0 bridgehead atoms. The molecule has 26 heavy (non-hydrogen) atoms. The number of hydrogen-bond donors (Lipinski definition) is 3. The van der Waals surface area contributed by atoms with E-state index in [1.54, 1.807) is 7.11 Å². The molecule has 0 saturated carbocycles. The average Bonchev–Trinajstić information content (AvgIpc) is 2.62. The van der Waals surface area contributed by atoms with Crippen LogP contribution in [0.15, 0.2) is 40.8 Å². The maximum Gasteiger partial charge on any atom is 0.327 e. The minimum atomic E-state index is -1.29. The zero-order chi connectivity index (χ0) is 18.7. The third kappa shape index (κ3) is 3.49. The van der Waals surface area contributed by atoms with Gasteiger partial charge in [-0.2, -0.15) is 0 Å². The molecule has 9 nitrogen and oxygen atoms in total. The average molecular weight is 360 g/mol. The molecule has 1 unspecified atom stereocenters. The Labute approximate surface area is 151 Å². The van der Waals surface area contributed by atoms with Crippen LogP contribution in [-0.2, 0) is 6.54 Å².